The van der Waals surface area contributed by atoms with Crippen LogP contribution in [0, 0.1) is 0 Å². The maximum atomic E-state index is 12.7. The number of fused-ring (bicyclic) bond motifs is 1. The second kappa shape index (κ2) is 6.10. The molecule has 9 heteroatoms. The Balaban J connectivity index is 2.17. The molecule has 3 N–H and O–H groups in total. The first-order valence-corrected chi connectivity index (χ1v) is 7.10. The Kier molecular flexibility index (Phi) is 4.09. The standard InChI is InChI=1S/C16H12F3N3O3/c17-16(18,19)13(23)9-6-7-11-12(8-9)21-22(14(11)20-15(24)25)10-4-2-1-3-5-10/h1-8,13,20,23H,(H,24,25). The van der Waals surface area contributed by atoms with E-state index in [9.17, 15) is 23.1 Å². The molecule has 3 aromatic rings. The number of alkyl halides is 3. The summed E-state index contributed by atoms with van der Waals surface area (Å²) in [6.07, 6.45) is -8.79. The number of hydrogen-bond acceptors (Lipinski definition) is 3. The minimum absolute atomic E-state index is 0.0988. The van der Waals surface area contributed by atoms with Crippen LogP contribution in [0.15, 0.2) is 48.5 Å². The van der Waals surface area contributed by atoms with E-state index < -0.39 is 18.4 Å². The van der Waals surface area contributed by atoms with Gasteiger partial charge in [0.05, 0.1) is 11.2 Å². The number of aromatic nitrogens is 2. The molecule has 25 heavy (non-hydrogen) atoms. The van der Waals surface area contributed by atoms with E-state index in [-0.39, 0.29) is 16.9 Å². The van der Waals surface area contributed by atoms with Crippen LogP contribution >= 0.6 is 0 Å². The molecule has 1 amide bonds. The van der Waals surface area contributed by atoms with Gasteiger partial charge in [-0.3, -0.25) is 5.32 Å². The Morgan fingerprint density at radius 1 is 1.16 bits per heavy atom. The van der Waals surface area contributed by atoms with Gasteiger partial charge in [-0.05, 0) is 29.8 Å². The summed E-state index contributed by atoms with van der Waals surface area (Å²) in [5, 5.41) is 25.1. The van der Waals surface area contributed by atoms with Gasteiger partial charge >= 0.3 is 12.3 Å². The number of carbonyl (C=O) groups is 1. The second-order valence-corrected chi connectivity index (χ2v) is 5.25. The van der Waals surface area contributed by atoms with E-state index in [1.54, 1.807) is 30.3 Å². The number of halogens is 3. The van der Waals surface area contributed by atoms with E-state index in [1.165, 1.54) is 10.7 Å². The molecular formula is C16H12F3N3O3. The van der Waals surface area contributed by atoms with Crippen molar-refractivity contribution in [1.82, 2.24) is 9.78 Å². The number of aliphatic hydroxyl groups is 1. The number of aliphatic hydroxyl groups excluding tert-OH is 1. The van der Waals surface area contributed by atoms with E-state index in [2.05, 4.69) is 10.4 Å². The van der Waals surface area contributed by atoms with Crippen molar-refractivity contribution < 1.29 is 28.2 Å². The van der Waals surface area contributed by atoms with Crippen LogP contribution in [0.4, 0.5) is 23.8 Å². The molecule has 1 aromatic heterocycles. The van der Waals surface area contributed by atoms with Crippen LogP contribution in [0.25, 0.3) is 16.6 Å². The minimum Gasteiger partial charge on any atom is -0.465 e. The summed E-state index contributed by atoms with van der Waals surface area (Å²) in [5.41, 5.74) is 0.272. The van der Waals surface area contributed by atoms with Gasteiger partial charge in [-0.25, -0.2) is 9.48 Å². The highest BCUT2D eigenvalue weighted by Crippen LogP contribution is 2.35. The third-order valence-corrected chi connectivity index (χ3v) is 3.55. The molecule has 0 radical (unpaired) electrons. The fourth-order valence-corrected chi connectivity index (χ4v) is 2.44. The van der Waals surface area contributed by atoms with Gasteiger partial charge in [-0.15, -0.1) is 0 Å². The molecule has 0 bridgehead atoms. The Morgan fingerprint density at radius 3 is 2.44 bits per heavy atom. The van der Waals surface area contributed by atoms with Crippen molar-refractivity contribution in [3.8, 4) is 5.69 Å². The van der Waals surface area contributed by atoms with Crippen LogP contribution < -0.4 is 5.32 Å². The Hall–Kier alpha value is -3.07. The highest BCUT2D eigenvalue weighted by atomic mass is 19.4. The van der Waals surface area contributed by atoms with Crippen LogP contribution in [0.2, 0.25) is 0 Å². The van der Waals surface area contributed by atoms with E-state index in [0.717, 1.165) is 12.1 Å². The lowest BCUT2D eigenvalue weighted by atomic mass is 10.1. The average molecular weight is 351 g/mol. The smallest absolute Gasteiger partial charge is 0.418 e. The average Bonchev–Trinajstić information content (AvgIpc) is 2.91. The van der Waals surface area contributed by atoms with Crippen molar-refractivity contribution >= 4 is 22.8 Å². The number of anilines is 1. The minimum atomic E-state index is -4.81. The van der Waals surface area contributed by atoms with E-state index in [1.807, 2.05) is 0 Å². The molecule has 1 unspecified atom stereocenters. The summed E-state index contributed by atoms with van der Waals surface area (Å²) >= 11 is 0. The second-order valence-electron chi connectivity index (χ2n) is 5.25. The summed E-state index contributed by atoms with van der Waals surface area (Å²) in [4.78, 5) is 11.1. The van der Waals surface area contributed by atoms with Gasteiger partial charge in [0.2, 0.25) is 0 Å². The van der Waals surface area contributed by atoms with E-state index >= 15 is 0 Å². The molecule has 0 saturated carbocycles. The molecule has 0 aliphatic heterocycles. The fraction of sp³-hybridized carbons (Fsp3) is 0.125. The largest absolute Gasteiger partial charge is 0.465 e. The molecule has 0 aliphatic carbocycles. The normalized spacial score (nSPS) is 13.0. The number of nitrogens with one attached hydrogen (secondary N) is 1. The van der Waals surface area contributed by atoms with Crippen LogP contribution in [-0.2, 0) is 0 Å². The molecule has 130 valence electrons. The van der Waals surface area contributed by atoms with Crippen LogP contribution in [0.5, 0.6) is 0 Å². The summed E-state index contributed by atoms with van der Waals surface area (Å²) < 4.78 is 39.4. The molecule has 3 rings (SSSR count). The summed E-state index contributed by atoms with van der Waals surface area (Å²) in [7, 11) is 0. The molecule has 1 heterocycles. The number of amides is 1. The Morgan fingerprint density at radius 2 is 1.84 bits per heavy atom. The summed E-state index contributed by atoms with van der Waals surface area (Å²) in [5.74, 6) is 0.0988. The van der Waals surface area contributed by atoms with Crippen molar-refractivity contribution in [1.29, 1.82) is 0 Å². The number of benzene rings is 2. The van der Waals surface area contributed by atoms with Gasteiger partial charge in [0.25, 0.3) is 0 Å². The highest BCUT2D eigenvalue weighted by molar-refractivity contribution is 5.98. The third kappa shape index (κ3) is 3.26. The first kappa shape index (κ1) is 16.8. The molecule has 2 aromatic carbocycles. The van der Waals surface area contributed by atoms with Crippen molar-refractivity contribution in [2.75, 3.05) is 5.32 Å². The monoisotopic (exact) mass is 351 g/mol. The number of nitrogens with zero attached hydrogens (tertiary/aromatic N) is 2. The lowest BCUT2D eigenvalue weighted by Gasteiger charge is -2.14. The molecule has 0 saturated heterocycles. The zero-order valence-corrected chi connectivity index (χ0v) is 12.5. The third-order valence-electron chi connectivity index (χ3n) is 3.55. The quantitative estimate of drug-likeness (QED) is 0.671. The molecule has 0 aliphatic rings. The summed E-state index contributed by atoms with van der Waals surface area (Å²) in [6, 6.07) is 12.0. The molecular weight excluding hydrogens is 339 g/mol. The van der Waals surface area contributed by atoms with Crippen molar-refractivity contribution in [3.05, 3.63) is 54.1 Å². The fourth-order valence-electron chi connectivity index (χ4n) is 2.44. The van der Waals surface area contributed by atoms with Gasteiger partial charge < -0.3 is 10.2 Å². The van der Waals surface area contributed by atoms with E-state index in [4.69, 9.17) is 5.11 Å². The first-order valence-electron chi connectivity index (χ1n) is 7.10. The number of para-hydroxylation sites is 1. The van der Waals surface area contributed by atoms with Crippen LogP contribution in [0.3, 0.4) is 0 Å². The summed E-state index contributed by atoms with van der Waals surface area (Å²) in [6.45, 7) is 0. The maximum absolute atomic E-state index is 12.7. The van der Waals surface area contributed by atoms with Gasteiger partial charge in [0, 0.05) is 5.39 Å². The SMILES string of the molecule is O=C(O)Nc1c2ccc(C(O)C(F)(F)F)cc2nn1-c1ccccc1. The predicted molar refractivity (Wildman–Crippen MR) is 83.7 cm³/mol. The van der Waals surface area contributed by atoms with Crippen molar-refractivity contribution in [2.24, 2.45) is 0 Å². The maximum Gasteiger partial charge on any atom is 0.418 e. The Bertz CT molecular complexity index is 923. The van der Waals surface area contributed by atoms with Crippen molar-refractivity contribution in [3.63, 3.8) is 0 Å². The van der Waals surface area contributed by atoms with Gasteiger partial charge in [-0.2, -0.15) is 18.3 Å². The predicted octanol–water partition coefficient (Wildman–Crippen LogP) is 3.71. The van der Waals surface area contributed by atoms with Gasteiger partial charge in [0.1, 0.15) is 5.82 Å². The topological polar surface area (TPSA) is 87.4 Å². The lowest BCUT2D eigenvalue weighted by Crippen LogP contribution is -2.20. The molecule has 1 atom stereocenters. The lowest BCUT2D eigenvalue weighted by molar-refractivity contribution is -0.206. The Labute approximate surface area is 139 Å². The number of carboxylic acid groups (broad SMARTS) is 1. The zero-order chi connectivity index (χ0) is 18.2. The van der Waals surface area contributed by atoms with Crippen LogP contribution in [-0.4, -0.2) is 32.3 Å². The number of hydrogen-bond donors (Lipinski definition) is 3. The van der Waals surface area contributed by atoms with Crippen molar-refractivity contribution in [2.45, 2.75) is 12.3 Å². The molecule has 6 nitrogen and oxygen atoms in total. The molecule has 0 fully saturated rings. The van der Waals surface area contributed by atoms with Gasteiger partial charge in [0.15, 0.2) is 6.10 Å². The first-order chi connectivity index (χ1) is 11.8. The van der Waals surface area contributed by atoms with Crippen LogP contribution in [0.1, 0.15) is 11.7 Å². The zero-order valence-electron chi connectivity index (χ0n) is 12.5. The molecule has 0 spiro atoms. The highest BCUT2D eigenvalue weighted by Gasteiger charge is 2.39. The number of rotatable bonds is 3. The van der Waals surface area contributed by atoms with E-state index in [0.29, 0.717) is 11.1 Å². The van der Waals surface area contributed by atoms with Gasteiger partial charge in [-0.1, -0.05) is 24.3 Å².